The number of benzene rings is 1. The van der Waals surface area contributed by atoms with Crippen molar-refractivity contribution in [3.05, 3.63) is 29.3 Å². The zero-order valence-corrected chi connectivity index (χ0v) is 11.4. The van der Waals surface area contributed by atoms with Crippen LogP contribution in [0.25, 0.3) is 0 Å². The van der Waals surface area contributed by atoms with E-state index in [0.717, 1.165) is 30.6 Å². The lowest BCUT2D eigenvalue weighted by atomic mass is 9.95. The lowest BCUT2D eigenvalue weighted by molar-refractivity contribution is 0.356. The van der Waals surface area contributed by atoms with E-state index in [9.17, 15) is 0 Å². The summed E-state index contributed by atoms with van der Waals surface area (Å²) in [6.45, 7) is 7.74. The number of piperidine rings is 1. The second kappa shape index (κ2) is 5.74. The Morgan fingerprint density at radius 1 is 1.41 bits per heavy atom. The van der Waals surface area contributed by atoms with Crippen molar-refractivity contribution in [2.45, 2.75) is 26.3 Å². The molecule has 1 aliphatic heterocycles. The molecular formula is C14H21ClN2. The maximum Gasteiger partial charge on any atom is 0.0426 e. The molecule has 1 aliphatic rings. The molecule has 1 saturated heterocycles. The van der Waals surface area contributed by atoms with Crippen molar-refractivity contribution in [1.29, 1.82) is 0 Å². The predicted octanol–water partition coefficient (Wildman–Crippen LogP) is 3.16. The standard InChI is InChI=1S/C14H21ClN2/c1-3-16-13-7-11(2)9-17(10-13)14-6-4-5-12(15)8-14/h4-6,8,11,13,16H,3,7,9-10H2,1-2H3. The van der Waals surface area contributed by atoms with Crippen molar-refractivity contribution in [3.63, 3.8) is 0 Å². The van der Waals surface area contributed by atoms with Gasteiger partial charge in [-0.15, -0.1) is 0 Å². The third kappa shape index (κ3) is 3.36. The molecule has 1 heterocycles. The summed E-state index contributed by atoms with van der Waals surface area (Å²) in [5, 5.41) is 4.37. The minimum absolute atomic E-state index is 0.600. The summed E-state index contributed by atoms with van der Waals surface area (Å²) in [5.74, 6) is 0.729. The van der Waals surface area contributed by atoms with Crippen LogP contribution in [0.1, 0.15) is 20.3 Å². The fourth-order valence-corrected chi connectivity index (χ4v) is 2.86. The summed E-state index contributed by atoms with van der Waals surface area (Å²) >= 11 is 6.06. The molecule has 2 unspecified atom stereocenters. The second-order valence-electron chi connectivity index (χ2n) is 4.98. The lowest BCUT2D eigenvalue weighted by Gasteiger charge is -2.38. The molecule has 1 fully saturated rings. The molecule has 17 heavy (non-hydrogen) atoms. The number of hydrogen-bond donors (Lipinski definition) is 1. The Balaban J connectivity index is 2.09. The zero-order chi connectivity index (χ0) is 12.3. The summed E-state index contributed by atoms with van der Waals surface area (Å²) in [5.41, 5.74) is 1.24. The van der Waals surface area contributed by atoms with Crippen LogP contribution in [0.15, 0.2) is 24.3 Å². The van der Waals surface area contributed by atoms with Gasteiger partial charge in [-0.2, -0.15) is 0 Å². The van der Waals surface area contributed by atoms with Crippen molar-refractivity contribution >= 4 is 17.3 Å². The van der Waals surface area contributed by atoms with E-state index in [1.54, 1.807) is 0 Å². The largest absolute Gasteiger partial charge is 0.370 e. The summed E-state index contributed by atoms with van der Waals surface area (Å²) in [7, 11) is 0. The van der Waals surface area contributed by atoms with E-state index in [1.165, 1.54) is 12.1 Å². The second-order valence-corrected chi connectivity index (χ2v) is 5.42. The van der Waals surface area contributed by atoms with Crippen molar-refractivity contribution in [2.24, 2.45) is 5.92 Å². The molecule has 0 bridgehead atoms. The van der Waals surface area contributed by atoms with E-state index >= 15 is 0 Å². The minimum atomic E-state index is 0.600. The first kappa shape index (κ1) is 12.7. The van der Waals surface area contributed by atoms with Crippen molar-refractivity contribution < 1.29 is 0 Å². The van der Waals surface area contributed by atoms with E-state index in [2.05, 4.69) is 36.2 Å². The van der Waals surface area contributed by atoms with Crippen LogP contribution in [0.5, 0.6) is 0 Å². The first-order valence-electron chi connectivity index (χ1n) is 6.43. The molecule has 3 heteroatoms. The number of likely N-dealkylation sites (N-methyl/N-ethyl adjacent to an activating group) is 1. The lowest BCUT2D eigenvalue weighted by Crippen LogP contribution is -2.48. The van der Waals surface area contributed by atoms with Gasteiger partial charge >= 0.3 is 0 Å². The number of anilines is 1. The van der Waals surface area contributed by atoms with E-state index in [-0.39, 0.29) is 0 Å². The Morgan fingerprint density at radius 2 is 2.24 bits per heavy atom. The van der Waals surface area contributed by atoms with Crippen LogP contribution in [0.4, 0.5) is 5.69 Å². The fourth-order valence-electron chi connectivity index (χ4n) is 2.67. The van der Waals surface area contributed by atoms with Gasteiger partial charge in [-0.1, -0.05) is 31.5 Å². The van der Waals surface area contributed by atoms with Gasteiger partial charge in [0.2, 0.25) is 0 Å². The molecule has 94 valence electrons. The number of halogens is 1. The van der Waals surface area contributed by atoms with Gasteiger partial charge in [-0.25, -0.2) is 0 Å². The van der Waals surface area contributed by atoms with Gasteiger partial charge in [0.05, 0.1) is 0 Å². The quantitative estimate of drug-likeness (QED) is 0.889. The summed E-state index contributed by atoms with van der Waals surface area (Å²) in [4.78, 5) is 2.44. The Bertz CT molecular complexity index is 367. The van der Waals surface area contributed by atoms with Crippen LogP contribution in [-0.4, -0.2) is 25.7 Å². The van der Waals surface area contributed by atoms with Crippen LogP contribution in [0.2, 0.25) is 5.02 Å². The van der Waals surface area contributed by atoms with Gasteiger partial charge in [0, 0.05) is 29.8 Å². The molecule has 0 saturated carbocycles. The SMILES string of the molecule is CCNC1CC(C)CN(c2cccc(Cl)c2)C1. The van der Waals surface area contributed by atoms with Crippen molar-refractivity contribution in [2.75, 3.05) is 24.5 Å². The van der Waals surface area contributed by atoms with Crippen LogP contribution in [-0.2, 0) is 0 Å². The van der Waals surface area contributed by atoms with E-state index in [4.69, 9.17) is 11.6 Å². The first-order valence-corrected chi connectivity index (χ1v) is 6.80. The van der Waals surface area contributed by atoms with Crippen LogP contribution < -0.4 is 10.2 Å². The van der Waals surface area contributed by atoms with Gasteiger partial charge in [-0.05, 0) is 37.1 Å². The molecule has 1 N–H and O–H groups in total. The smallest absolute Gasteiger partial charge is 0.0426 e. The topological polar surface area (TPSA) is 15.3 Å². The Morgan fingerprint density at radius 3 is 2.94 bits per heavy atom. The van der Waals surface area contributed by atoms with Gasteiger partial charge in [0.25, 0.3) is 0 Å². The highest BCUT2D eigenvalue weighted by molar-refractivity contribution is 6.30. The molecule has 0 radical (unpaired) electrons. The molecule has 0 spiro atoms. The fraction of sp³-hybridized carbons (Fsp3) is 0.571. The molecular weight excluding hydrogens is 232 g/mol. The number of hydrogen-bond acceptors (Lipinski definition) is 2. The molecule has 2 nitrogen and oxygen atoms in total. The molecule has 0 aromatic heterocycles. The Kier molecular flexibility index (Phi) is 4.30. The monoisotopic (exact) mass is 252 g/mol. The highest BCUT2D eigenvalue weighted by Crippen LogP contribution is 2.25. The number of nitrogens with one attached hydrogen (secondary N) is 1. The van der Waals surface area contributed by atoms with Gasteiger partial charge in [-0.3, -0.25) is 0 Å². The summed E-state index contributed by atoms with van der Waals surface area (Å²) in [6.07, 6.45) is 1.27. The zero-order valence-electron chi connectivity index (χ0n) is 10.6. The normalized spacial score (nSPS) is 25.0. The van der Waals surface area contributed by atoms with E-state index in [1.807, 2.05) is 12.1 Å². The maximum absolute atomic E-state index is 6.06. The molecule has 0 aliphatic carbocycles. The van der Waals surface area contributed by atoms with Crippen LogP contribution in [0, 0.1) is 5.92 Å². The summed E-state index contributed by atoms with van der Waals surface area (Å²) < 4.78 is 0. The third-order valence-electron chi connectivity index (χ3n) is 3.33. The first-order chi connectivity index (χ1) is 8.19. The molecule has 1 aromatic carbocycles. The molecule has 1 aromatic rings. The maximum atomic E-state index is 6.06. The molecule has 0 amide bonds. The number of nitrogens with zero attached hydrogens (tertiary/aromatic N) is 1. The van der Waals surface area contributed by atoms with E-state index < -0.39 is 0 Å². The Hall–Kier alpha value is -0.730. The predicted molar refractivity (Wildman–Crippen MR) is 74.9 cm³/mol. The average molecular weight is 253 g/mol. The van der Waals surface area contributed by atoms with E-state index in [0.29, 0.717) is 6.04 Å². The molecule has 2 atom stereocenters. The van der Waals surface area contributed by atoms with Gasteiger partial charge in [0.15, 0.2) is 0 Å². The number of rotatable bonds is 3. The molecule has 2 rings (SSSR count). The van der Waals surface area contributed by atoms with Gasteiger partial charge in [0.1, 0.15) is 0 Å². The van der Waals surface area contributed by atoms with Crippen molar-refractivity contribution in [3.8, 4) is 0 Å². The highest BCUT2D eigenvalue weighted by Gasteiger charge is 2.24. The highest BCUT2D eigenvalue weighted by atomic mass is 35.5. The Labute approximate surface area is 109 Å². The van der Waals surface area contributed by atoms with Crippen molar-refractivity contribution in [1.82, 2.24) is 5.32 Å². The third-order valence-corrected chi connectivity index (χ3v) is 3.56. The minimum Gasteiger partial charge on any atom is -0.370 e. The van der Waals surface area contributed by atoms with Crippen LogP contribution >= 0.6 is 11.6 Å². The summed E-state index contributed by atoms with van der Waals surface area (Å²) in [6, 6.07) is 8.76. The average Bonchev–Trinajstić information content (AvgIpc) is 2.28. The van der Waals surface area contributed by atoms with Crippen LogP contribution in [0.3, 0.4) is 0 Å². The van der Waals surface area contributed by atoms with Gasteiger partial charge < -0.3 is 10.2 Å².